The van der Waals surface area contributed by atoms with Gasteiger partial charge in [0.05, 0.1) is 22.0 Å². The first kappa shape index (κ1) is 10.2. The predicted molar refractivity (Wildman–Crippen MR) is 60.4 cm³/mol. The van der Waals surface area contributed by atoms with Crippen LogP contribution in [0, 0.1) is 12.7 Å². The molecule has 0 radical (unpaired) electrons. The van der Waals surface area contributed by atoms with Gasteiger partial charge in [0.1, 0.15) is 5.82 Å². The number of nitrogens with two attached hydrogens (primary N) is 1. The van der Waals surface area contributed by atoms with Crippen molar-refractivity contribution in [3.05, 3.63) is 40.4 Å². The summed E-state index contributed by atoms with van der Waals surface area (Å²) in [6, 6.07) is 2.98. The summed E-state index contributed by atoms with van der Waals surface area (Å²) in [6.45, 7) is 1.69. The van der Waals surface area contributed by atoms with Gasteiger partial charge in [-0.05, 0) is 40.5 Å². The van der Waals surface area contributed by atoms with Gasteiger partial charge in [-0.15, -0.1) is 0 Å². The maximum atomic E-state index is 13.2. The van der Waals surface area contributed by atoms with Crippen LogP contribution in [0.15, 0.2) is 29.0 Å². The smallest absolute Gasteiger partial charge is 0.128 e. The fourth-order valence-corrected chi connectivity index (χ4v) is 1.60. The van der Waals surface area contributed by atoms with Crippen molar-refractivity contribution in [3.63, 3.8) is 0 Å². The molecule has 0 bridgehead atoms. The van der Waals surface area contributed by atoms with Crippen LogP contribution in [-0.2, 0) is 0 Å². The van der Waals surface area contributed by atoms with Crippen LogP contribution in [0.3, 0.4) is 0 Å². The van der Waals surface area contributed by atoms with Gasteiger partial charge in [0, 0.05) is 6.20 Å². The Bertz CT molecular complexity index is 507. The monoisotopic (exact) mass is 269 g/mol. The number of rotatable bonds is 1. The van der Waals surface area contributed by atoms with Crippen LogP contribution in [0.4, 0.5) is 10.1 Å². The van der Waals surface area contributed by atoms with E-state index in [9.17, 15) is 4.39 Å². The van der Waals surface area contributed by atoms with Gasteiger partial charge in [-0.2, -0.15) is 5.10 Å². The molecule has 2 aromatic rings. The molecule has 0 unspecified atom stereocenters. The van der Waals surface area contributed by atoms with Crippen molar-refractivity contribution >= 4 is 21.6 Å². The van der Waals surface area contributed by atoms with Crippen molar-refractivity contribution in [1.82, 2.24) is 9.78 Å². The van der Waals surface area contributed by atoms with Crippen LogP contribution in [0.25, 0.3) is 5.69 Å². The van der Waals surface area contributed by atoms with Gasteiger partial charge in [-0.3, -0.25) is 0 Å². The molecule has 0 saturated carbocycles. The Morgan fingerprint density at radius 1 is 1.47 bits per heavy atom. The number of halogens is 2. The third-order valence-corrected chi connectivity index (χ3v) is 2.52. The zero-order chi connectivity index (χ0) is 11.0. The lowest BCUT2D eigenvalue weighted by Crippen LogP contribution is -2.02. The molecule has 0 aliphatic rings. The fourth-order valence-electron chi connectivity index (χ4n) is 1.31. The van der Waals surface area contributed by atoms with Crippen molar-refractivity contribution in [2.24, 2.45) is 0 Å². The third-order valence-electron chi connectivity index (χ3n) is 2.11. The summed E-state index contributed by atoms with van der Waals surface area (Å²) in [5.74, 6) is -0.303. The van der Waals surface area contributed by atoms with E-state index in [2.05, 4.69) is 21.0 Å². The van der Waals surface area contributed by atoms with E-state index in [0.717, 1.165) is 4.47 Å². The number of hydrogen-bond donors (Lipinski definition) is 1. The quantitative estimate of drug-likeness (QED) is 0.809. The molecule has 0 fully saturated rings. The second-order valence-corrected chi connectivity index (χ2v) is 4.18. The van der Waals surface area contributed by atoms with Crippen LogP contribution in [0.2, 0.25) is 0 Å². The second-order valence-electron chi connectivity index (χ2n) is 3.26. The Kier molecular flexibility index (Phi) is 2.48. The van der Waals surface area contributed by atoms with Gasteiger partial charge in [0.2, 0.25) is 0 Å². The molecule has 0 spiro atoms. The van der Waals surface area contributed by atoms with Crippen molar-refractivity contribution in [2.75, 3.05) is 5.73 Å². The minimum absolute atomic E-state index is 0.303. The molecule has 0 saturated heterocycles. The van der Waals surface area contributed by atoms with Crippen LogP contribution in [0.5, 0.6) is 0 Å². The Hall–Kier alpha value is -1.36. The van der Waals surface area contributed by atoms with Crippen LogP contribution < -0.4 is 5.73 Å². The summed E-state index contributed by atoms with van der Waals surface area (Å²) in [4.78, 5) is 0. The first-order chi connectivity index (χ1) is 7.08. The highest BCUT2D eigenvalue weighted by molar-refractivity contribution is 9.10. The third kappa shape index (κ3) is 1.87. The Morgan fingerprint density at radius 2 is 2.20 bits per heavy atom. The number of aryl methyl sites for hydroxylation is 1. The lowest BCUT2D eigenvalue weighted by Gasteiger charge is -2.07. The molecule has 0 aliphatic heterocycles. The first-order valence-corrected chi connectivity index (χ1v) is 5.13. The van der Waals surface area contributed by atoms with Crippen LogP contribution >= 0.6 is 15.9 Å². The number of nitrogen functional groups attached to an aromatic ring is 1. The second kappa shape index (κ2) is 3.66. The zero-order valence-electron chi connectivity index (χ0n) is 8.04. The average molecular weight is 270 g/mol. The molecule has 0 amide bonds. The molecule has 1 aromatic carbocycles. The summed E-state index contributed by atoms with van der Waals surface area (Å²) in [5.41, 5.74) is 7.31. The molecule has 78 valence electrons. The predicted octanol–water partition coefficient (Wildman–Crippen LogP) is 2.66. The molecule has 3 nitrogen and oxygen atoms in total. The van der Waals surface area contributed by atoms with E-state index in [-0.39, 0.29) is 5.82 Å². The average Bonchev–Trinajstić information content (AvgIpc) is 2.58. The topological polar surface area (TPSA) is 43.8 Å². The summed E-state index contributed by atoms with van der Waals surface area (Å²) >= 11 is 3.29. The van der Waals surface area contributed by atoms with Crippen LogP contribution in [0.1, 0.15) is 5.56 Å². The molecule has 15 heavy (non-hydrogen) atoms. The van der Waals surface area contributed by atoms with E-state index < -0.39 is 0 Å². The van der Waals surface area contributed by atoms with E-state index in [1.807, 2.05) is 0 Å². The summed E-state index contributed by atoms with van der Waals surface area (Å²) in [7, 11) is 0. The molecule has 0 aliphatic carbocycles. The van der Waals surface area contributed by atoms with Gasteiger partial charge in [-0.1, -0.05) is 0 Å². The van der Waals surface area contributed by atoms with Gasteiger partial charge in [0.15, 0.2) is 0 Å². The Morgan fingerprint density at radius 3 is 2.80 bits per heavy atom. The Labute approximate surface area is 94.8 Å². The van der Waals surface area contributed by atoms with E-state index in [1.54, 1.807) is 30.1 Å². The molecular weight excluding hydrogens is 261 g/mol. The van der Waals surface area contributed by atoms with Crippen molar-refractivity contribution < 1.29 is 4.39 Å². The minimum Gasteiger partial charge on any atom is -0.397 e. The number of hydrogen-bond acceptors (Lipinski definition) is 2. The van der Waals surface area contributed by atoms with Gasteiger partial charge >= 0.3 is 0 Å². The lowest BCUT2D eigenvalue weighted by atomic mass is 10.2. The number of anilines is 1. The highest BCUT2D eigenvalue weighted by Gasteiger charge is 2.07. The van der Waals surface area contributed by atoms with Crippen molar-refractivity contribution in [1.29, 1.82) is 0 Å². The van der Waals surface area contributed by atoms with Crippen molar-refractivity contribution in [3.8, 4) is 5.69 Å². The van der Waals surface area contributed by atoms with E-state index >= 15 is 0 Å². The fraction of sp³-hybridized carbons (Fsp3) is 0.100. The molecular formula is C10H9BrFN3. The van der Waals surface area contributed by atoms with E-state index in [4.69, 9.17) is 5.73 Å². The van der Waals surface area contributed by atoms with E-state index in [0.29, 0.717) is 16.9 Å². The Balaban J connectivity index is 2.58. The number of aromatic nitrogens is 2. The normalized spacial score (nSPS) is 10.6. The summed E-state index contributed by atoms with van der Waals surface area (Å²) in [5, 5.41) is 4.08. The number of benzene rings is 1. The molecule has 1 aromatic heterocycles. The first-order valence-electron chi connectivity index (χ1n) is 4.34. The molecule has 2 N–H and O–H groups in total. The highest BCUT2D eigenvalue weighted by Crippen LogP contribution is 2.22. The highest BCUT2D eigenvalue weighted by atomic mass is 79.9. The van der Waals surface area contributed by atoms with Crippen LogP contribution in [-0.4, -0.2) is 9.78 Å². The van der Waals surface area contributed by atoms with Gasteiger partial charge in [-0.25, -0.2) is 9.07 Å². The van der Waals surface area contributed by atoms with Gasteiger partial charge < -0.3 is 5.73 Å². The maximum absolute atomic E-state index is 13.2. The summed E-state index contributed by atoms with van der Waals surface area (Å²) in [6.07, 6.45) is 3.42. The minimum atomic E-state index is -0.303. The standard InChI is InChI=1S/C10H9BrFN3/c1-6-2-10(9(13)3-8(6)12)15-5-7(11)4-14-15/h2-5H,13H2,1H3. The van der Waals surface area contributed by atoms with Crippen molar-refractivity contribution in [2.45, 2.75) is 6.92 Å². The van der Waals surface area contributed by atoms with Gasteiger partial charge in [0.25, 0.3) is 0 Å². The molecule has 5 heteroatoms. The lowest BCUT2D eigenvalue weighted by molar-refractivity contribution is 0.618. The zero-order valence-corrected chi connectivity index (χ0v) is 9.62. The molecule has 1 heterocycles. The maximum Gasteiger partial charge on any atom is 0.128 e. The molecule has 0 atom stereocenters. The van der Waals surface area contributed by atoms with E-state index in [1.165, 1.54) is 6.07 Å². The largest absolute Gasteiger partial charge is 0.397 e. The number of nitrogens with zero attached hydrogens (tertiary/aromatic N) is 2. The summed E-state index contributed by atoms with van der Waals surface area (Å²) < 4.78 is 15.6. The molecule has 2 rings (SSSR count). The SMILES string of the molecule is Cc1cc(-n2cc(Br)cn2)c(N)cc1F.